The highest BCUT2D eigenvalue weighted by molar-refractivity contribution is 5.79. The van der Waals surface area contributed by atoms with E-state index in [-0.39, 0.29) is 23.9 Å². The predicted molar refractivity (Wildman–Crippen MR) is 103 cm³/mol. The van der Waals surface area contributed by atoms with Crippen molar-refractivity contribution >= 4 is 6.09 Å². The van der Waals surface area contributed by atoms with Gasteiger partial charge in [-0.25, -0.2) is 4.79 Å². The number of aliphatic hydroxyl groups excluding tert-OH is 1. The van der Waals surface area contributed by atoms with E-state index in [2.05, 4.69) is 29.6 Å². The molecule has 0 saturated carbocycles. The van der Waals surface area contributed by atoms with Crippen molar-refractivity contribution < 1.29 is 14.6 Å². The first-order valence-corrected chi connectivity index (χ1v) is 9.11. The fourth-order valence-corrected chi connectivity index (χ4v) is 3.50. The predicted octanol–water partition coefficient (Wildman–Crippen LogP) is 4.18. The molecule has 0 aliphatic heterocycles. The van der Waals surface area contributed by atoms with Gasteiger partial charge in [0.1, 0.15) is 6.61 Å². The van der Waals surface area contributed by atoms with Gasteiger partial charge in [-0.15, -0.1) is 0 Å². The Morgan fingerprint density at radius 3 is 2.12 bits per heavy atom. The molecule has 0 saturated heterocycles. The molecular weight excluding hydrogens is 326 g/mol. The van der Waals surface area contributed by atoms with E-state index < -0.39 is 6.09 Å². The molecular formula is C22H27NO3. The molecule has 0 radical (unpaired) electrons. The van der Waals surface area contributed by atoms with E-state index in [1.165, 1.54) is 22.3 Å². The minimum atomic E-state index is -0.436. The highest BCUT2D eigenvalue weighted by atomic mass is 16.5. The maximum absolute atomic E-state index is 12.2. The van der Waals surface area contributed by atoms with Crippen LogP contribution in [0, 0.1) is 11.3 Å². The number of carbonyl (C=O) groups is 1. The second kappa shape index (κ2) is 7.50. The number of carbonyl (C=O) groups excluding carboxylic acids is 1. The Kier molecular flexibility index (Phi) is 5.33. The molecule has 0 heterocycles. The summed E-state index contributed by atoms with van der Waals surface area (Å²) in [6, 6.07) is 16.5. The average Bonchev–Trinajstić information content (AvgIpc) is 2.93. The zero-order valence-electron chi connectivity index (χ0n) is 15.7. The van der Waals surface area contributed by atoms with Crippen LogP contribution in [-0.4, -0.2) is 31.0 Å². The Bertz CT molecular complexity index is 733. The normalized spacial score (nSPS) is 14.5. The van der Waals surface area contributed by atoms with E-state index in [9.17, 15) is 9.90 Å². The lowest BCUT2D eigenvalue weighted by Crippen LogP contribution is -2.37. The van der Waals surface area contributed by atoms with E-state index in [4.69, 9.17) is 4.74 Å². The lowest BCUT2D eigenvalue weighted by atomic mass is 9.81. The maximum Gasteiger partial charge on any atom is 0.407 e. The molecule has 4 nitrogen and oxygen atoms in total. The first kappa shape index (κ1) is 18.5. The summed E-state index contributed by atoms with van der Waals surface area (Å²) in [5.41, 5.74) is 4.75. The van der Waals surface area contributed by atoms with Crippen molar-refractivity contribution in [3.8, 4) is 11.1 Å². The summed E-state index contributed by atoms with van der Waals surface area (Å²) < 4.78 is 5.52. The van der Waals surface area contributed by atoms with Crippen LogP contribution in [0.3, 0.4) is 0 Å². The van der Waals surface area contributed by atoms with Crippen LogP contribution >= 0.6 is 0 Å². The van der Waals surface area contributed by atoms with Gasteiger partial charge in [-0.3, -0.25) is 0 Å². The van der Waals surface area contributed by atoms with Gasteiger partial charge in [0, 0.05) is 25.0 Å². The summed E-state index contributed by atoms with van der Waals surface area (Å²) in [6.07, 6.45) is -0.436. The zero-order valence-corrected chi connectivity index (χ0v) is 15.7. The number of alkyl carbamates (subject to hydrolysis) is 1. The molecule has 3 rings (SSSR count). The summed E-state index contributed by atoms with van der Waals surface area (Å²) in [5, 5.41) is 12.3. The van der Waals surface area contributed by atoms with Gasteiger partial charge in [0.15, 0.2) is 0 Å². The molecule has 2 N–H and O–H groups in total. The van der Waals surface area contributed by atoms with Crippen molar-refractivity contribution in [1.82, 2.24) is 5.32 Å². The molecule has 0 aromatic heterocycles. The van der Waals surface area contributed by atoms with Gasteiger partial charge in [-0.2, -0.15) is 0 Å². The average molecular weight is 353 g/mol. The molecule has 1 atom stereocenters. The van der Waals surface area contributed by atoms with Gasteiger partial charge < -0.3 is 15.2 Å². The van der Waals surface area contributed by atoms with Crippen molar-refractivity contribution in [2.75, 3.05) is 19.8 Å². The number of rotatable bonds is 5. The molecule has 1 aliphatic carbocycles. The molecule has 2 aromatic carbocycles. The number of hydrogen-bond donors (Lipinski definition) is 2. The Morgan fingerprint density at radius 2 is 1.62 bits per heavy atom. The Morgan fingerprint density at radius 1 is 1.08 bits per heavy atom. The van der Waals surface area contributed by atoms with Crippen molar-refractivity contribution in [1.29, 1.82) is 0 Å². The van der Waals surface area contributed by atoms with Crippen molar-refractivity contribution in [3.05, 3.63) is 59.7 Å². The molecule has 26 heavy (non-hydrogen) atoms. The van der Waals surface area contributed by atoms with Gasteiger partial charge in [0.25, 0.3) is 0 Å². The molecule has 0 spiro atoms. The topological polar surface area (TPSA) is 58.6 Å². The monoisotopic (exact) mass is 353 g/mol. The standard InChI is InChI=1S/C22H27NO3/c1-22(2,3)15(13-24)12-23-21(25)26-14-20-18-10-6-4-8-16(18)17-9-5-7-11-19(17)20/h4-11,15,20,24H,12-14H2,1-3H3,(H,23,25). The molecule has 2 aromatic rings. The number of aliphatic hydroxyl groups is 1. The molecule has 1 amide bonds. The summed E-state index contributed by atoms with van der Waals surface area (Å²) in [6.45, 7) is 6.89. The van der Waals surface area contributed by atoms with Crippen molar-refractivity contribution in [2.45, 2.75) is 26.7 Å². The highest BCUT2D eigenvalue weighted by Gasteiger charge is 2.29. The molecule has 1 aliphatic rings. The number of benzene rings is 2. The van der Waals surface area contributed by atoms with Crippen LogP contribution in [0.25, 0.3) is 11.1 Å². The van der Waals surface area contributed by atoms with Crippen LogP contribution in [0.1, 0.15) is 37.8 Å². The smallest absolute Gasteiger partial charge is 0.407 e. The molecule has 0 bridgehead atoms. The number of ether oxygens (including phenoxy) is 1. The first-order chi connectivity index (χ1) is 12.4. The highest BCUT2D eigenvalue weighted by Crippen LogP contribution is 2.44. The fourth-order valence-electron chi connectivity index (χ4n) is 3.50. The zero-order chi connectivity index (χ0) is 18.7. The van der Waals surface area contributed by atoms with Crippen LogP contribution in [0.4, 0.5) is 4.79 Å². The lowest BCUT2D eigenvalue weighted by molar-refractivity contribution is 0.114. The number of hydrogen-bond acceptors (Lipinski definition) is 3. The molecule has 4 heteroatoms. The van der Waals surface area contributed by atoms with E-state index in [0.717, 1.165) is 0 Å². The van der Waals surface area contributed by atoms with Gasteiger partial charge in [-0.1, -0.05) is 69.3 Å². The van der Waals surface area contributed by atoms with Crippen LogP contribution in [0.2, 0.25) is 0 Å². The van der Waals surface area contributed by atoms with Gasteiger partial charge in [-0.05, 0) is 27.7 Å². The van der Waals surface area contributed by atoms with Crippen LogP contribution in [0.15, 0.2) is 48.5 Å². The minimum absolute atomic E-state index is 0.0111. The van der Waals surface area contributed by atoms with Gasteiger partial charge >= 0.3 is 6.09 Å². The minimum Gasteiger partial charge on any atom is -0.449 e. The van der Waals surface area contributed by atoms with Crippen LogP contribution in [-0.2, 0) is 4.74 Å². The van der Waals surface area contributed by atoms with E-state index in [0.29, 0.717) is 13.2 Å². The van der Waals surface area contributed by atoms with Crippen LogP contribution in [0.5, 0.6) is 0 Å². The van der Waals surface area contributed by atoms with E-state index in [1.807, 2.05) is 45.0 Å². The second-order valence-electron chi connectivity index (χ2n) is 7.95. The first-order valence-electron chi connectivity index (χ1n) is 9.11. The summed E-state index contributed by atoms with van der Waals surface area (Å²) >= 11 is 0. The summed E-state index contributed by atoms with van der Waals surface area (Å²) in [4.78, 5) is 12.2. The maximum atomic E-state index is 12.2. The number of amides is 1. The number of fused-ring (bicyclic) bond motifs is 3. The summed E-state index contributed by atoms with van der Waals surface area (Å²) in [5.74, 6) is 0.0485. The van der Waals surface area contributed by atoms with E-state index >= 15 is 0 Å². The van der Waals surface area contributed by atoms with Gasteiger partial charge in [0.05, 0.1) is 0 Å². The molecule has 0 fully saturated rings. The SMILES string of the molecule is CC(C)(C)C(CO)CNC(=O)OCC1c2ccccc2-c2ccccc21. The lowest BCUT2D eigenvalue weighted by Gasteiger charge is -2.29. The Hall–Kier alpha value is -2.33. The molecule has 1 unspecified atom stereocenters. The third-order valence-electron chi connectivity index (χ3n) is 5.28. The Balaban J connectivity index is 1.64. The summed E-state index contributed by atoms with van der Waals surface area (Å²) in [7, 11) is 0. The third kappa shape index (κ3) is 3.75. The Labute approximate surface area is 155 Å². The molecule has 138 valence electrons. The van der Waals surface area contributed by atoms with Gasteiger partial charge in [0.2, 0.25) is 0 Å². The quantitative estimate of drug-likeness (QED) is 0.848. The van der Waals surface area contributed by atoms with Crippen LogP contribution < -0.4 is 5.32 Å². The third-order valence-corrected chi connectivity index (χ3v) is 5.28. The number of nitrogens with one attached hydrogen (secondary N) is 1. The van der Waals surface area contributed by atoms with E-state index in [1.54, 1.807) is 0 Å². The van der Waals surface area contributed by atoms with Crippen molar-refractivity contribution in [2.24, 2.45) is 11.3 Å². The second-order valence-corrected chi connectivity index (χ2v) is 7.95. The van der Waals surface area contributed by atoms with Crippen molar-refractivity contribution in [3.63, 3.8) is 0 Å². The fraction of sp³-hybridized carbons (Fsp3) is 0.409. The largest absolute Gasteiger partial charge is 0.449 e.